The van der Waals surface area contributed by atoms with Crippen molar-refractivity contribution in [2.75, 3.05) is 13.2 Å². The smallest absolute Gasteiger partial charge is 0.268 e. The largest absolute Gasteiger partial charge is 0.508 e. The molecule has 11 nitrogen and oxygen atoms in total. The van der Waals surface area contributed by atoms with E-state index < -0.39 is 39.2 Å². The minimum absolute atomic E-state index is 0.0769. The lowest BCUT2D eigenvalue weighted by Crippen LogP contribution is -2.40. The van der Waals surface area contributed by atoms with Gasteiger partial charge in [0.1, 0.15) is 17.6 Å². The molecule has 10 atom stereocenters. The number of ether oxygens (including phenoxy) is 2. The molecule has 10 rings (SSSR count). The van der Waals surface area contributed by atoms with E-state index in [-0.39, 0.29) is 67.4 Å². The van der Waals surface area contributed by atoms with Crippen molar-refractivity contribution in [2.24, 2.45) is 40.1 Å². The Bertz CT molecular complexity index is 2210. The van der Waals surface area contributed by atoms with Crippen LogP contribution in [0.5, 0.6) is 11.5 Å². The molecule has 12 heteroatoms. The van der Waals surface area contributed by atoms with Crippen LogP contribution in [0, 0.1) is 35.5 Å². The predicted octanol–water partition coefficient (Wildman–Crippen LogP) is 5.54. The number of phenols is 1. The summed E-state index contributed by atoms with van der Waals surface area (Å²) in [6.45, 7) is 1.91. The molecule has 0 radical (unpaired) electrons. The van der Waals surface area contributed by atoms with E-state index in [0.717, 1.165) is 40.7 Å². The van der Waals surface area contributed by atoms with Crippen molar-refractivity contribution in [3.05, 3.63) is 106 Å². The van der Waals surface area contributed by atoms with Crippen LogP contribution in [0.2, 0.25) is 0 Å². The summed E-state index contributed by atoms with van der Waals surface area (Å²) in [5, 5.41) is 30.0. The minimum atomic E-state index is -4.62. The zero-order valence-corrected chi connectivity index (χ0v) is 32.4. The molecule has 1 saturated heterocycles. The highest BCUT2D eigenvalue weighted by molar-refractivity contribution is 7.86. The van der Waals surface area contributed by atoms with Gasteiger partial charge in [0.25, 0.3) is 10.1 Å². The molecule has 3 aromatic rings. The van der Waals surface area contributed by atoms with E-state index >= 15 is 0 Å². The Kier molecular flexibility index (Phi) is 10.4. The second-order valence-corrected chi connectivity index (χ2v) is 18.1. The molecule has 0 amide bonds. The Morgan fingerprint density at radius 3 is 2.55 bits per heavy atom. The highest BCUT2D eigenvalue weighted by Crippen LogP contribution is 2.55. The molecule has 5 heterocycles. The fourth-order valence-electron chi connectivity index (χ4n) is 10.4. The molecular weight excluding hydrogens is 731 g/mol. The number of aliphatic hydroxyl groups is 2. The predicted molar refractivity (Wildman–Crippen MR) is 212 cm³/mol. The maximum absolute atomic E-state index is 14.0. The summed E-state index contributed by atoms with van der Waals surface area (Å²) in [6.07, 6.45) is 4.99. The molecule has 8 N–H and O–H groups in total. The van der Waals surface area contributed by atoms with Gasteiger partial charge in [-0.15, -0.1) is 0 Å². The number of benzene rings is 3. The summed E-state index contributed by atoms with van der Waals surface area (Å²) in [4.78, 5) is 4.68. The number of aliphatic imine (C=N–C) groups is 1. The zero-order valence-electron chi connectivity index (χ0n) is 31.6. The summed E-state index contributed by atoms with van der Waals surface area (Å²) in [5.74, 6) is 5.42. The lowest BCUT2D eigenvalue weighted by atomic mass is 9.64. The van der Waals surface area contributed by atoms with Crippen molar-refractivity contribution >= 4 is 16.1 Å². The van der Waals surface area contributed by atoms with E-state index in [4.69, 9.17) is 20.9 Å². The van der Waals surface area contributed by atoms with E-state index in [9.17, 15) is 28.3 Å². The molecule has 0 spiro atoms. The Hall–Kier alpha value is -4.38. The van der Waals surface area contributed by atoms with Crippen LogP contribution in [-0.4, -0.2) is 58.8 Å². The van der Waals surface area contributed by atoms with Gasteiger partial charge in [0.2, 0.25) is 5.72 Å². The molecule has 5 aliphatic heterocycles. The second-order valence-electron chi connectivity index (χ2n) is 16.5. The van der Waals surface area contributed by atoms with Crippen LogP contribution in [0.1, 0.15) is 103 Å². The molecule has 10 unspecified atom stereocenters. The van der Waals surface area contributed by atoms with Gasteiger partial charge in [-0.05, 0) is 109 Å². The highest BCUT2D eigenvalue weighted by atomic mass is 32.2. The molecular formula is C44H51N3O8S. The number of allylic oxidation sites excluding steroid dienone is 1. The molecule has 1 fully saturated rings. The summed E-state index contributed by atoms with van der Waals surface area (Å²) in [6, 6.07) is 18.7. The maximum Gasteiger partial charge on any atom is 0.268 e. The third kappa shape index (κ3) is 7.20. The lowest BCUT2D eigenvalue weighted by molar-refractivity contribution is -0.0416. The Morgan fingerprint density at radius 2 is 1.82 bits per heavy atom. The van der Waals surface area contributed by atoms with E-state index in [2.05, 4.69) is 23.8 Å². The van der Waals surface area contributed by atoms with Gasteiger partial charge in [-0.1, -0.05) is 61.2 Å². The molecule has 56 heavy (non-hydrogen) atoms. The molecule has 0 saturated carbocycles. The number of rotatable bonds is 6. The van der Waals surface area contributed by atoms with Crippen LogP contribution in [0.15, 0.2) is 77.3 Å². The summed E-state index contributed by atoms with van der Waals surface area (Å²) < 4.78 is 53.1. The summed E-state index contributed by atoms with van der Waals surface area (Å²) in [5.41, 5.74) is 16.7. The maximum atomic E-state index is 14.0. The first-order valence-electron chi connectivity index (χ1n) is 19.8. The zero-order chi connectivity index (χ0) is 39.4. The number of phenolic OH excluding ortho intramolecular Hbond substituents is 1. The number of guanidine groups is 1. The van der Waals surface area contributed by atoms with Gasteiger partial charge in [0.05, 0.1) is 11.4 Å². The van der Waals surface area contributed by atoms with Gasteiger partial charge >= 0.3 is 0 Å². The second kappa shape index (κ2) is 15.2. The van der Waals surface area contributed by atoms with Crippen molar-refractivity contribution in [1.82, 2.24) is 0 Å². The Labute approximate surface area is 328 Å². The first-order valence-corrected chi connectivity index (χ1v) is 21.3. The third-order valence-electron chi connectivity index (χ3n) is 13.1. The first kappa shape index (κ1) is 38.5. The van der Waals surface area contributed by atoms with E-state index in [1.807, 2.05) is 54.6 Å². The van der Waals surface area contributed by atoms with Crippen LogP contribution in [0.25, 0.3) is 0 Å². The van der Waals surface area contributed by atoms with Gasteiger partial charge < -0.3 is 36.3 Å². The highest BCUT2D eigenvalue weighted by Gasteiger charge is 2.49. The van der Waals surface area contributed by atoms with Crippen molar-refractivity contribution < 1.29 is 37.8 Å². The number of nitrogens with two attached hydrogens (primary N) is 2. The number of aliphatic hydroxyl groups excluding tert-OH is 2. The van der Waals surface area contributed by atoms with E-state index in [1.165, 1.54) is 0 Å². The molecule has 2 aliphatic carbocycles. The monoisotopic (exact) mass is 781 g/mol. The van der Waals surface area contributed by atoms with Crippen LogP contribution < -0.4 is 16.2 Å². The molecule has 7 aliphatic rings. The van der Waals surface area contributed by atoms with Crippen molar-refractivity contribution in [3.63, 3.8) is 0 Å². The number of hydrogen-bond donors (Lipinski definition) is 6. The van der Waals surface area contributed by atoms with Crippen LogP contribution >= 0.6 is 0 Å². The van der Waals surface area contributed by atoms with Gasteiger partial charge in [-0.3, -0.25) is 4.55 Å². The molecule has 0 aromatic heterocycles. The average molecular weight is 782 g/mol. The van der Waals surface area contributed by atoms with Crippen LogP contribution in [-0.2, 0) is 27.0 Å². The summed E-state index contributed by atoms with van der Waals surface area (Å²) in [7, 11) is -4.62. The number of nitrogens with zero attached hydrogens (tertiary/aromatic N) is 1. The van der Waals surface area contributed by atoms with Crippen molar-refractivity contribution in [1.29, 1.82) is 0 Å². The minimum Gasteiger partial charge on any atom is -0.508 e. The van der Waals surface area contributed by atoms with Crippen LogP contribution in [0.4, 0.5) is 0 Å². The average Bonchev–Trinajstić information content (AvgIpc) is 3.25. The quantitative estimate of drug-likeness (QED) is 0.0608. The Morgan fingerprint density at radius 1 is 1.04 bits per heavy atom. The van der Waals surface area contributed by atoms with Gasteiger partial charge in [-0.2, -0.15) is 8.42 Å². The van der Waals surface area contributed by atoms with Crippen LogP contribution in [0.3, 0.4) is 0 Å². The van der Waals surface area contributed by atoms with E-state index in [1.54, 1.807) is 12.1 Å². The molecule has 296 valence electrons. The topological polar surface area (TPSA) is 198 Å². The molecule has 3 aromatic carbocycles. The van der Waals surface area contributed by atoms with Gasteiger partial charge in [0.15, 0.2) is 5.96 Å². The number of aryl methyl sites for hydroxylation is 1. The fourth-order valence-corrected chi connectivity index (χ4v) is 11.5. The van der Waals surface area contributed by atoms with Crippen molar-refractivity contribution in [2.45, 2.75) is 93.3 Å². The SMILES string of the molecule is CC1CCc2cc3ccc2C1CC(S(=O)(=O)O)C1C=C2CC(CC4OC2c2ccc(O)cc2C#CCC4CO)C1c1ccc(cc1)C(CCCO)(N=C(N)N)O3. The van der Waals surface area contributed by atoms with E-state index in [0.29, 0.717) is 42.6 Å². The molecule has 10 bridgehead atoms. The number of hydrogen-bond acceptors (Lipinski definition) is 8. The van der Waals surface area contributed by atoms with Crippen molar-refractivity contribution in [3.8, 4) is 23.3 Å². The van der Waals surface area contributed by atoms with Gasteiger partial charge in [0, 0.05) is 54.6 Å². The fraction of sp³-hybridized carbons (Fsp3) is 0.477. The number of aromatic hydroxyl groups is 1. The summed E-state index contributed by atoms with van der Waals surface area (Å²) >= 11 is 0. The number of fused-ring (bicyclic) bond motifs is 9. The standard InChI is InChI=1S/C44H51N3O8S/c1-25-6-7-28-20-34-13-15-35(28)37(25)23-40(56(51,52)53)38-21-31-18-30(22-39-29(24-49)5-2-4-27-19-33(50)12-14-36(27)42(31)54-39)41(38)26-8-10-32(11-9-26)44(55-34,16-3-17-48)47-43(45)46/h8-15,19-21,25,29-30,37-42,48-50H,3,5-7,16-18,22-24H2,1H3,(H4,45,46,47)(H,51,52,53). The third-order valence-corrected chi connectivity index (χ3v) is 14.3. The van der Waals surface area contributed by atoms with Gasteiger partial charge in [-0.25, -0.2) is 4.99 Å². The lowest BCUT2D eigenvalue weighted by Gasteiger charge is -2.42. The Balaban J connectivity index is 1.37. The normalized spacial score (nSPS) is 31.9. The first-order chi connectivity index (χ1) is 26.9.